The van der Waals surface area contributed by atoms with Gasteiger partial charge in [0.2, 0.25) is 0 Å². The molecule has 15 heavy (non-hydrogen) atoms. The lowest BCUT2D eigenvalue weighted by Gasteiger charge is -2.45. The zero-order chi connectivity index (χ0) is 11.0. The quantitative estimate of drug-likeness (QED) is 0.754. The molecule has 2 fully saturated rings. The Morgan fingerprint density at radius 3 is 2.47 bits per heavy atom. The van der Waals surface area contributed by atoms with E-state index < -0.39 is 5.97 Å². The second-order valence-corrected chi connectivity index (χ2v) is 5.37. The van der Waals surface area contributed by atoms with E-state index in [0.29, 0.717) is 12.0 Å². The lowest BCUT2D eigenvalue weighted by Crippen LogP contribution is -2.54. The van der Waals surface area contributed by atoms with Crippen molar-refractivity contribution in [3.8, 4) is 0 Å². The van der Waals surface area contributed by atoms with Crippen LogP contribution in [-0.2, 0) is 4.79 Å². The van der Waals surface area contributed by atoms with Gasteiger partial charge in [0, 0.05) is 19.1 Å². The third kappa shape index (κ3) is 2.51. The lowest BCUT2D eigenvalue weighted by atomic mass is 9.85. The first-order valence-electron chi connectivity index (χ1n) is 6.04. The standard InChI is InChI=1S/C12H21NO2/c1-8(5-10-3-4-10)13-6-11(7-13)9(2)12(14)15/h8-11H,3-7H2,1-2H3,(H,14,15). The van der Waals surface area contributed by atoms with Crippen LogP contribution in [0.3, 0.4) is 0 Å². The summed E-state index contributed by atoms with van der Waals surface area (Å²) in [6.45, 7) is 6.08. The average molecular weight is 211 g/mol. The van der Waals surface area contributed by atoms with Gasteiger partial charge in [0.25, 0.3) is 0 Å². The van der Waals surface area contributed by atoms with E-state index in [0.717, 1.165) is 19.0 Å². The maximum atomic E-state index is 10.8. The SMILES string of the molecule is CC(C(=O)O)C1CN(C(C)CC2CC2)C1. The summed E-state index contributed by atoms with van der Waals surface area (Å²) in [5.41, 5.74) is 0. The van der Waals surface area contributed by atoms with Crippen LogP contribution in [0.25, 0.3) is 0 Å². The van der Waals surface area contributed by atoms with Gasteiger partial charge in [0.1, 0.15) is 0 Å². The normalized spacial score (nSPS) is 27.1. The number of nitrogens with zero attached hydrogens (tertiary/aromatic N) is 1. The first-order valence-corrected chi connectivity index (χ1v) is 6.04. The molecular formula is C12H21NO2. The van der Waals surface area contributed by atoms with Crippen molar-refractivity contribution in [1.29, 1.82) is 0 Å². The summed E-state index contributed by atoms with van der Waals surface area (Å²) in [6.07, 6.45) is 4.13. The summed E-state index contributed by atoms with van der Waals surface area (Å²) in [5, 5.41) is 8.88. The van der Waals surface area contributed by atoms with Gasteiger partial charge >= 0.3 is 5.97 Å². The summed E-state index contributed by atoms with van der Waals surface area (Å²) in [7, 11) is 0. The molecule has 1 aliphatic carbocycles. The Kier molecular flexibility index (Phi) is 3.01. The minimum atomic E-state index is -0.644. The minimum absolute atomic E-state index is 0.172. The molecule has 86 valence electrons. The highest BCUT2D eigenvalue weighted by Gasteiger charge is 2.38. The number of aliphatic carboxylic acids is 1. The second kappa shape index (κ2) is 4.12. The largest absolute Gasteiger partial charge is 0.481 e. The van der Waals surface area contributed by atoms with Crippen LogP contribution < -0.4 is 0 Å². The molecule has 2 aliphatic rings. The maximum Gasteiger partial charge on any atom is 0.306 e. The lowest BCUT2D eigenvalue weighted by molar-refractivity contribution is -0.146. The van der Waals surface area contributed by atoms with Gasteiger partial charge in [-0.3, -0.25) is 9.69 Å². The molecule has 2 unspecified atom stereocenters. The molecule has 0 spiro atoms. The molecule has 1 aliphatic heterocycles. The van der Waals surface area contributed by atoms with Crippen LogP contribution in [0.5, 0.6) is 0 Å². The summed E-state index contributed by atoms with van der Waals surface area (Å²) in [4.78, 5) is 13.2. The van der Waals surface area contributed by atoms with Crippen molar-refractivity contribution in [2.45, 2.75) is 39.2 Å². The van der Waals surface area contributed by atoms with Gasteiger partial charge in [0.15, 0.2) is 0 Å². The van der Waals surface area contributed by atoms with Gasteiger partial charge in [-0.1, -0.05) is 19.8 Å². The zero-order valence-corrected chi connectivity index (χ0v) is 9.65. The van der Waals surface area contributed by atoms with E-state index >= 15 is 0 Å². The molecule has 2 rings (SSSR count). The first-order chi connectivity index (χ1) is 7.08. The van der Waals surface area contributed by atoms with Crippen LogP contribution in [0, 0.1) is 17.8 Å². The monoisotopic (exact) mass is 211 g/mol. The van der Waals surface area contributed by atoms with Crippen LogP contribution in [0.2, 0.25) is 0 Å². The topological polar surface area (TPSA) is 40.5 Å². The molecule has 3 heteroatoms. The van der Waals surface area contributed by atoms with E-state index in [2.05, 4.69) is 11.8 Å². The Balaban J connectivity index is 1.69. The van der Waals surface area contributed by atoms with Gasteiger partial charge in [-0.25, -0.2) is 0 Å². The van der Waals surface area contributed by atoms with Crippen molar-refractivity contribution in [3.05, 3.63) is 0 Å². The van der Waals surface area contributed by atoms with Crippen molar-refractivity contribution in [2.75, 3.05) is 13.1 Å². The molecule has 1 saturated carbocycles. The van der Waals surface area contributed by atoms with Crippen molar-refractivity contribution < 1.29 is 9.90 Å². The Bertz CT molecular complexity index is 244. The van der Waals surface area contributed by atoms with Crippen LogP contribution in [0.1, 0.15) is 33.1 Å². The van der Waals surface area contributed by atoms with E-state index in [1.54, 1.807) is 0 Å². The fraction of sp³-hybridized carbons (Fsp3) is 0.917. The third-order valence-corrected chi connectivity index (χ3v) is 4.03. The third-order valence-electron chi connectivity index (χ3n) is 4.03. The van der Waals surface area contributed by atoms with Crippen LogP contribution in [-0.4, -0.2) is 35.1 Å². The molecule has 3 nitrogen and oxygen atoms in total. The number of carbonyl (C=O) groups is 1. The summed E-state index contributed by atoms with van der Waals surface area (Å²) >= 11 is 0. The van der Waals surface area contributed by atoms with Gasteiger partial charge in [-0.15, -0.1) is 0 Å². The highest BCUT2D eigenvalue weighted by Crippen LogP contribution is 2.36. The number of carboxylic acids is 1. The minimum Gasteiger partial charge on any atom is -0.481 e. The number of hydrogen-bond acceptors (Lipinski definition) is 2. The fourth-order valence-corrected chi connectivity index (χ4v) is 2.41. The summed E-state index contributed by atoms with van der Waals surface area (Å²) in [6, 6.07) is 0.662. The molecule has 0 amide bonds. The maximum absolute atomic E-state index is 10.8. The molecule has 0 bridgehead atoms. The highest BCUT2D eigenvalue weighted by molar-refractivity contribution is 5.70. The van der Waals surface area contributed by atoms with Crippen LogP contribution >= 0.6 is 0 Å². The number of rotatable bonds is 5. The van der Waals surface area contributed by atoms with E-state index in [1.807, 2.05) is 6.92 Å². The second-order valence-electron chi connectivity index (χ2n) is 5.37. The fourth-order valence-electron chi connectivity index (χ4n) is 2.41. The number of likely N-dealkylation sites (tertiary alicyclic amines) is 1. The highest BCUT2D eigenvalue weighted by atomic mass is 16.4. The van der Waals surface area contributed by atoms with E-state index in [4.69, 9.17) is 5.11 Å². The molecule has 0 aromatic rings. The molecule has 1 heterocycles. The van der Waals surface area contributed by atoms with Crippen molar-refractivity contribution >= 4 is 5.97 Å². The Morgan fingerprint density at radius 1 is 1.40 bits per heavy atom. The number of hydrogen-bond donors (Lipinski definition) is 1. The number of carboxylic acid groups (broad SMARTS) is 1. The van der Waals surface area contributed by atoms with Gasteiger partial charge < -0.3 is 5.11 Å². The Morgan fingerprint density at radius 2 is 2.00 bits per heavy atom. The van der Waals surface area contributed by atoms with Gasteiger partial charge in [-0.05, 0) is 25.2 Å². The first kappa shape index (κ1) is 10.9. The predicted molar refractivity (Wildman–Crippen MR) is 58.7 cm³/mol. The summed E-state index contributed by atoms with van der Waals surface area (Å²) in [5.74, 6) is 0.531. The Hall–Kier alpha value is -0.570. The molecule has 2 atom stereocenters. The van der Waals surface area contributed by atoms with Crippen LogP contribution in [0.15, 0.2) is 0 Å². The van der Waals surface area contributed by atoms with Gasteiger partial charge in [0.05, 0.1) is 5.92 Å². The summed E-state index contributed by atoms with van der Waals surface area (Å²) < 4.78 is 0. The van der Waals surface area contributed by atoms with Crippen molar-refractivity contribution in [1.82, 2.24) is 4.90 Å². The molecule has 1 N–H and O–H groups in total. The van der Waals surface area contributed by atoms with Crippen LogP contribution in [0.4, 0.5) is 0 Å². The Labute approximate surface area is 91.5 Å². The molecule has 1 saturated heterocycles. The van der Waals surface area contributed by atoms with E-state index in [-0.39, 0.29) is 5.92 Å². The average Bonchev–Trinajstić information content (AvgIpc) is 2.84. The smallest absolute Gasteiger partial charge is 0.306 e. The van der Waals surface area contributed by atoms with Crippen molar-refractivity contribution in [2.24, 2.45) is 17.8 Å². The molecule has 0 aromatic carbocycles. The van der Waals surface area contributed by atoms with E-state index in [9.17, 15) is 4.79 Å². The predicted octanol–water partition coefficient (Wildman–Crippen LogP) is 1.83. The molecule has 0 aromatic heterocycles. The zero-order valence-electron chi connectivity index (χ0n) is 9.65. The van der Waals surface area contributed by atoms with Gasteiger partial charge in [-0.2, -0.15) is 0 Å². The molecule has 0 radical (unpaired) electrons. The molecular weight excluding hydrogens is 190 g/mol. The van der Waals surface area contributed by atoms with E-state index in [1.165, 1.54) is 19.3 Å². The van der Waals surface area contributed by atoms with Crippen molar-refractivity contribution in [3.63, 3.8) is 0 Å².